The minimum atomic E-state index is -0.244. The van der Waals surface area contributed by atoms with Crippen LogP contribution in [0.15, 0.2) is 48.5 Å². The van der Waals surface area contributed by atoms with E-state index in [1.165, 1.54) is 6.08 Å². The lowest BCUT2D eigenvalue weighted by molar-refractivity contribution is -0.117. The van der Waals surface area contributed by atoms with Crippen LogP contribution in [0, 0.1) is 5.92 Å². The van der Waals surface area contributed by atoms with Gasteiger partial charge in [-0.3, -0.25) is 9.59 Å². The van der Waals surface area contributed by atoms with Gasteiger partial charge in [0, 0.05) is 23.4 Å². The van der Waals surface area contributed by atoms with Crippen LogP contribution in [0.3, 0.4) is 0 Å². The zero-order valence-electron chi connectivity index (χ0n) is 16.7. The Bertz CT molecular complexity index is 886. The lowest BCUT2D eigenvalue weighted by Gasteiger charge is -2.11. The highest BCUT2D eigenvalue weighted by atomic mass is 16.5. The molecule has 29 heavy (non-hydrogen) atoms. The Kier molecular flexibility index (Phi) is 6.89. The fraction of sp³-hybridized carbons (Fsp3) is 0.304. The van der Waals surface area contributed by atoms with E-state index in [0.717, 1.165) is 24.1 Å². The predicted octanol–water partition coefficient (Wildman–Crippen LogP) is 4.48. The van der Waals surface area contributed by atoms with Crippen LogP contribution in [-0.4, -0.2) is 25.0 Å². The molecule has 0 heterocycles. The van der Waals surface area contributed by atoms with Crippen LogP contribution < -0.4 is 20.1 Å². The first kappa shape index (κ1) is 20.5. The van der Waals surface area contributed by atoms with E-state index in [9.17, 15) is 9.59 Å². The Morgan fingerprint density at radius 3 is 2.17 bits per heavy atom. The molecule has 0 saturated heterocycles. The predicted molar refractivity (Wildman–Crippen MR) is 114 cm³/mol. The topological polar surface area (TPSA) is 76.7 Å². The third-order valence-corrected chi connectivity index (χ3v) is 4.36. The van der Waals surface area contributed by atoms with E-state index in [2.05, 4.69) is 10.6 Å². The first-order valence-corrected chi connectivity index (χ1v) is 9.88. The Morgan fingerprint density at radius 1 is 0.931 bits per heavy atom. The average molecular weight is 394 g/mol. The summed E-state index contributed by atoms with van der Waals surface area (Å²) in [5.74, 6) is 1.31. The molecule has 2 amide bonds. The maximum atomic E-state index is 12.2. The summed E-state index contributed by atoms with van der Waals surface area (Å²) in [6.07, 6.45) is 5.12. The van der Waals surface area contributed by atoms with Gasteiger partial charge in [-0.2, -0.15) is 0 Å². The summed E-state index contributed by atoms with van der Waals surface area (Å²) >= 11 is 0. The molecule has 0 aromatic heterocycles. The molecule has 1 fully saturated rings. The van der Waals surface area contributed by atoms with Crippen molar-refractivity contribution in [3.05, 3.63) is 54.1 Å². The molecule has 0 atom stereocenters. The van der Waals surface area contributed by atoms with Crippen LogP contribution in [-0.2, 0) is 9.59 Å². The second-order valence-corrected chi connectivity index (χ2v) is 6.74. The molecule has 0 aliphatic heterocycles. The van der Waals surface area contributed by atoms with Crippen LogP contribution in [0.5, 0.6) is 11.5 Å². The summed E-state index contributed by atoms with van der Waals surface area (Å²) in [4.78, 5) is 24.0. The lowest BCUT2D eigenvalue weighted by Crippen LogP contribution is -2.13. The molecule has 2 aromatic carbocycles. The van der Waals surface area contributed by atoms with E-state index < -0.39 is 0 Å². The van der Waals surface area contributed by atoms with Gasteiger partial charge in [0.15, 0.2) is 11.5 Å². The van der Waals surface area contributed by atoms with E-state index >= 15 is 0 Å². The van der Waals surface area contributed by atoms with E-state index in [1.807, 2.05) is 32.0 Å². The Labute approximate surface area is 170 Å². The van der Waals surface area contributed by atoms with Gasteiger partial charge in [-0.1, -0.05) is 6.07 Å². The summed E-state index contributed by atoms with van der Waals surface area (Å²) in [6, 6.07) is 12.6. The number of ether oxygens (including phenoxy) is 2. The van der Waals surface area contributed by atoms with E-state index in [-0.39, 0.29) is 17.7 Å². The quantitative estimate of drug-likeness (QED) is 0.615. The molecule has 3 rings (SSSR count). The number of carbonyl (C=O) groups is 2. The molecular weight excluding hydrogens is 368 g/mol. The first-order valence-electron chi connectivity index (χ1n) is 9.88. The minimum Gasteiger partial charge on any atom is -0.490 e. The zero-order valence-corrected chi connectivity index (χ0v) is 16.7. The molecule has 0 unspecified atom stereocenters. The summed E-state index contributed by atoms with van der Waals surface area (Å²) < 4.78 is 11.1. The van der Waals surface area contributed by atoms with Crippen molar-refractivity contribution in [2.24, 2.45) is 5.92 Å². The van der Waals surface area contributed by atoms with Crippen LogP contribution >= 0.6 is 0 Å². The summed E-state index contributed by atoms with van der Waals surface area (Å²) in [7, 11) is 0. The molecule has 1 aliphatic carbocycles. The van der Waals surface area contributed by atoms with Crippen molar-refractivity contribution < 1.29 is 19.1 Å². The summed E-state index contributed by atoms with van der Waals surface area (Å²) in [6.45, 7) is 4.92. The number of nitrogens with one attached hydrogen (secondary N) is 2. The van der Waals surface area contributed by atoms with Crippen molar-refractivity contribution in [3.8, 4) is 11.5 Å². The summed E-state index contributed by atoms with van der Waals surface area (Å²) in [5, 5.41) is 5.68. The Morgan fingerprint density at radius 2 is 1.55 bits per heavy atom. The third kappa shape index (κ3) is 6.10. The van der Waals surface area contributed by atoms with Crippen molar-refractivity contribution in [1.82, 2.24) is 0 Å². The number of amides is 2. The highest BCUT2D eigenvalue weighted by molar-refractivity contribution is 6.02. The van der Waals surface area contributed by atoms with Crippen molar-refractivity contribution in [2.75, 3.05) is 23.8 Å². The summed E-state index contributed by atoms with van der Waals surface area (Å²) in [5.41, 5.74) is 2.23. The van der Waals surface area contributed by atoms with Crippen LogP contribution in [0.2, 0.25) is 0 Å². The fourth-order valence-corrected chi connectivity index (χ4v) is 2.75. The van der Waals surface area contributed by atoms with Gasteiger partial charge in [0.25, 0.3) is 0 Å². The van der Waals surface area contributed by atoms with Gasteiger partial charge < -0.3 is 20.1 Å². The molecule has 6 heteroatoms. The van der Waals surface area contributed by atoms with E-state index in [0.29, 0.717) is 30.4 Å². The fourth-order valence-electron chi connectivity index (χ4n) is 2.75. The van der Waals surface area contributed by atoms with E-state index in [1.54, 1.807) is 30.3 Å². The van der Waals surface area contributed by atoms with Crippen molar-refractivity contribution in [1.29, 1.82) is 0 Å². The molecule has 0 radical (unpaired) electrons. The normalized spacial score (nSPS) is 13.2. The Balaban J connectivity index is 1.57. The van der Waals surface area contributed by atoms with Crippen LogP contribution in [0.25, 0.3) is 6.08 Å². The maximum Gasteiger partial charge on any atom is 0.248 e. The molecule has 1 saturated carbocycles. The average Bonchev–Trinajstić information content (AvgIpc) is 3.55. The van der Waals surface area contributed by atoms with Gasteiger partial charge >= 0.3 is 0 Å². The highest BCUT2D eigenvalue weighted by Crippen LogP contribution is 2.30. The largest absolute Gasteiger partial charge is 0.490 e. The second kappa shape index (κ2) is 9.78. The number of rotatable bonds is 9. The molecule has 1 aliphatic rings. The van der Waals surface area contributed by atoms with Gasteiger partial charge in [0.05, 0.1) is 13.2 Å². The van der Waals surface area contributed by atoms with Gasteiger partial charge in [0.2, 0.25) is 11.8 Å². The molecular formula is C23H26N2O4. The monoisotopic (exact) mass is 394 g/mol. The number of hydrogen-bond acceptors (Lipinski definition) is 4. The standard InChI is InChI=1S/C23H26N2O4/c1-3-28-20-13-5-16(15-21(20)29-4-2)6-14-22(26)24-18-9-11-19(12-10-18)25-23(27)17-7-8-17/h5-6,9-15,17H,3-4,7-8H2,1-2H3,(H,24,26)(H,25,27)/b14-6+. The van der Waals surface area contributed by atoms with Gasteiger partial charge in [0.1, 0.15) is 0 Å². The van der Waals surface area contributed by atoms with Crippen molar-refractivity contribution in [3.63, 3.8) is 0 Å². The number of benzene rings is 2. The molecule has 2 aromatic rings. The zero-order chi connectivity index (χ0) is 20.6. The van der Waals surface area contributed by atoms with Crippen LogP contribution in [0.1, 0.15) is 32.3 Å². The Hall–Kier alpha value is -3.28. The maximum absolute atomic E-state index is 12.2. The number of carbonyl (C=O) groups excluding carboxylic acids is 2. The molecule has 0 spiro atoms. The highest BCUT2D eigenvalue weighted by Gasteiger charge is 2.29. The third-order valence-electron chi connectivity index (χ3n) is 4.36. The molecule has 152 valence electrons. The van der Waals surface area contributed by atoms with Crippen molar-refractivity contribution >= 4 is 29.3 Å². The SMILES string of the molecule is CCOc1ccc(/C=C/C(=O)Nc2ccc(NC(=O)C3CC3)cc2)cc1OCC. The molecule has 0 bridgehead atoms. The van der Waals surface area contributed by atoms with Crippen LogP contribution in [0.4, 0.5) is 11.4 Å². The minimum absolute atomic E-state index is 0.0616. The molecule has 6 nitrogen and oxygen atoms in total. The van der Waals surface area contributed by atoms with E-state index in [4.69, 9.17) is 9.47 Å². The molecule has 2 N–H and O–H groups in total. The smallest absolute Gasteiger partial charge is 0.248 e. The second-order valence-electron chi connectivity index (χ2n) is 6.74. The van der Waals surface area contributed by atoms with Gasteiger partial charge in [-0.25, -0.2) is 0 Å². The van der Waals surface area contributed by atoms with Gasteiger partial charge in [-0.05, 0) is 74.7 Å². The van der Waals surface area contributed by atoms with Gasteiger partial charge in [-0.15, -0.1) is 0 Å². The number of anilines is 2. The lowest BCUT2D eigenvalue weighted by atomic mass is 10.2. The number of hydrogen-bond donors (Lipinski definition) is 2. The first-order chi connectivity index (χ1) is 14.1. The van der Waals surface area contributed by atoms with Crippen molar-refractivity contribution in [2.45, 2.75) is 26.7 Å².